The highest BCUT2D eigenvalue weighted by molar-refractivity contribution is 5.85. The summed E-state index contributed by atoms with van der Waals surface area (Å²) in [6.45, 7) is 5.19. The van der Waals surface area contributed by atoms with Crippen molar-refractivity contribution in [3.63, 3.8) is 0 Å². The van der Waals surface area contributed by atoms with E-state index >= 15 is 0 Å². The molecule has 1 aliphatic heterocycles. The summed E-state index contributed by atoms with van der Waals surface area (Å²) in [6.07, 6.45) is 7.19. The summed E-state index contributed by atoms with van der Waals surface area (Å²) in [6, 6.07) is 8.02. The standard InChI is InChI=1S/C21H21N5O2/c1-21(2,27)13-28-17-7-18(20-16(8-22)11-25-26(20)12-17)14-3-4-19(24-10-14)15-5-6-23-9-15/h3-5,7,10-12,23,27H,6,9,13H2,1-2H3. The molecule has 0 bridgehead atoms. The first-order valence-corrected chi connectivity index (χ1v) is 9.08. The number of fused-ring (bicyclic) bond motifs is 1. The number of aliphatic hydroxyl groups is 1. The van der Waals surface area contributed by atoms with Crippen LogP contribution in [0.25, 0.3) is 22.2 Å². The number of hydrogen-bond acceptors (Lipinski definition) is 6. The normalized spacial score (nSPS) is 14.1. The third kappa shape index (κ3) is 3.60. The third-order valence-corrected chi connectivity index (χ3v) is 4.51. The van der Waals surface area contributed by atoms with E-state index in [1.54, 1.807) is 30.8 Å². The fraction of sp³-hybridized carbons (Fsp3) is 0.286. The van der Waals surface area contributed by atoms with Crippen molar-refractivity contribution in [2.75, 3.05) is 19.7 Å². The Hall–Kier alpha value is -3.21. The van der Waals surface area contributed by atoms with Gasteiger partial charge in [-0.2, -0.15) is 10.4 Å². The van der Waals surface area contributed by atoms with Gasteiger partial charge in [0.25, 0.3) is 0 Å². The predicted octanol–water partition coefficient (Wildman–Crippen LogP) is 2.40. The molecule has 2 N–H and O–H groups in total. The van der Waals surface area contributed by atoms with E-state index in [1.807, 2.05) is 18.2 Å². The Morgan fingerprint density at radius 2 is 2.21 bits per heavy atom. The topological polar surface area (TPSA) is 95.5 Å². The first kappa shape index (κ1) is 18.2. The highest BCUT2D eigenvalue weighted by Crippen LogP contribution is 2.31. The van der Waals surface area contributed by atoms with Crippen molar-refractivity contribution in [2.45, 2.75) is 19.4 Å². The molecule has 0 aromatic carbocycles. The summed E-state index contributed by atoms with van der Waals surface area (Å²) in [4.78, 5) is 4.60. The van der Waals surface area contributed by atoms with Gasteiger partial charge in [0.05, 0.1) is 34.8 Å². The average Bonchev–Trinajstić information content (AvgIpc) is 3.35. The van der Waals surface area contributed by atoms with Gasteiger partial charge in [-0.1, -0.05) is 12.1 Å². The Labute approximate surface area is 162 Å². The highest BCUT2D eigenvalue weighted by Gasteiger charge is 2.17. The molecule has 0 spiro atoms. The first-order valence-electron chi connectivity index (χ1n) is 9.08. The zero-order valence-electron chi connectivity index (χ0n) is 15.8. The van der Waals surface area contributed by atoms with Crippen LogP contribution in [0, 0.1) is 11.3 Å². The van der Waals surface area contributed by atoms with Gasteiger partial charge in [0.1, 0.15) is 18.4 Å². The van der Waals surface area contributed by atoms with Crippen molar-refractivity contribution in [1.29, 1.82) is 5.26 Å². The van der Waals surface area contributed by atoms with Crippen molar-refractivity contribution in [1.82, 2.24) is 19.9 Å². The molecular weight excluding hydrogens is 354 g/mol. The van der Waals surface area contributed by atoms with E-state index in [1.165, 1.54) is 11.8 Å². The third-order valence-electron chi connectivity index (χ3n) is 4.51. The Bertz CT molecular complexity index is 1080. The monoisotopic (exact) mass is 375 g/mol. The lowest BCUT2D eigenvalue weighted by atomic mass is 10.0. The predicted molar refractivity (Wildman–Crippen MR) is 106 cm³/mol. The van der Waals surface area contributed by atoms with E-state index in [9.17, 15) is 10.4 Å². The number of nitriles is 1. The van der Waals surface area contributed by atoms with Gasteiger partial charge in [-0.15, -0.1) is 0 Å². The molecule has 28 heavy (non-hydrogen) atoms. The molecule has 0 aliphatic carbocycles. The van der Waals surface area contributed by atoms with E-state index in [0.717, 1.165) is 29.9 Å². The van der Waals surface area contributed by atoms with Crippen molar-refractivity contribution in [3.8, 4) is 22.9 Å². The van der Waals surface area contributed by atoms with Gasteiger partial charge in [0.2, 0.25) is 0 Å². The molecule has 0 atom stereocenters. The van der Waals surface area contributed by atoms with Crippen LogP contribution >= 0.6 is 0 Å². The van der Waals surface area contributed by atoms with Crippen molar-refractivity contribution in [2.24, 2.45) is 0 Å². The molecule has 0 saturated heterocycles. The molecule has 7 nitrogen and oxygen atoms in total. The van der Waals surface area contributed by atoms with Crippen LogP contribution in [-0.4, -0.2) is 45.0 Å². The summed E-state index contributed by atoms with van der Waals surface area (Å²) >= 11 is 0. The van der Waals surface area contributed by atoms with E-state index in [0.29, 0.717) is 16.8 Å². The largest absolute Gasteiger partial charge is 0.489 e. The molecule has 0 fully saturated rings. The molecule has 0 amide bonds. The summed E-state index contributed by atoms with van der Waals surface area (Å²) < 4.78 is 7.39. The minimum atomic E-state index is -0.955. The molecule has 0 unspecified atom stereocenters. The lowest BCUT2D eigenvalue weighted by Crippen LogP contribution is -2.27. The SMILES string of the molecule is CC(C)(O)COc1cc(-c2ccc(C3=CCNC3)nc2)c2c(C#N)cnn2c1. The summed E-state index contributed by atoms with van der Waals surface area (Å²) in [7, 11) is 0. The van der Waals surface area contributed by atoms with Gasteiger partial charge in [-0.25, -0.2) is 4.52 Å². The Kier molecular flexibility index (Phi) is 4.59. The van der Waals surface area contributed by atoms with Crippen LogP contribution in [0.2, 0.25) is 0 Å². The molecule has 3 aromatic rings. The van der Waals surface area contributed by atoms with Crippen molar-refractivity contribution >= 4 is 11.1 Å². The van der Waals surface area contributed by atoms with E-state index in [-0.39, 0.29) is 6.61 Å². The Morgan fingerprint density at radius 1 is 1.36 bits per heavy atom. The second kappa shape index (κ2) is 7.08. The molecule has 142 valence electrons. The zero-order chi connectivity index (χ0) is 19.7. The molecule has 3 aromatic heterocycles. The fourth-order valence-electron chi connectivity index (χ4n) is 3.15. The summed E-state index contributed by atoms with van der Waals surface area (Å²) in [5.74, 6) is 0.559. The zero-order valence-corrected chi connectivity index (χ0v) is 15.8. The molecule has 4 rings (SSSR count). The first-order chi connectivity index (χ1) is 13.4. The van der Waals surface area contributed by atoms with Crippen molar-refractivity contribution < 1.29 is 9.84 Å². The van der Waals surface area contributed by atoms with Gasteiger partial charge in [0.15, 0.2) is 0 Å². The van der Waals surface area contributed by atoms with Gasteiger partial charge < -0.3 is 15.2 Å². The van der Waals surface area contributed by atoms with Gasteiger partial charge in [-0.05, 0) is 31.6 Å². The average molecular weight is 375 g/mol. The number of aromatic nitrogens is 3. The number of rotatable bonds is 5. The molecule has 1 aliphatic rings. The van der Waals surface area contributed by atoms with Gasteiger partial charge in [-0.3, -0.25) is 4.98 Å². The molecular formula is C21H21N5O2. The van der Waals surface area contributed by atoms with Crippen LogP contribution in [0.4, 0.5) is 0 Å². The van der Waals surface area contributed by atoms with Crippen LogP contribution < -0.4 is 10.1 Å². The summed E-state index contributed by atoms with van der Waals surface area (Å²) in [5, 5.41) is 27.0. The van der Waals surface area contributed by atoms with Crippen molar-refractivity contribution in [3.05, 3.63) is 54.1 Å². The van der Waals surface area contributed by atoms with Gasteiger partial charge in [0, 0.05) is 30.4 Å². The second-order valence-corrected chi connectivity index (χ2v) is 7.45. The lowest BCUT2D eigenvalue weighted by molar-refractivity contribution is 0.0283. The minimum Gasteiger partial charge on any atom is -0.489 e. The molecule has 0 saturated carbocycles. The van der Waals surface area contributed by atoms with E-state index < -0.39 is 5.60 Å². The Morgan fingerprint density at radius 3 is 2.86 bits per heavy atom. The smallest absolute Gasteiger partial charge is 0.138 e. The fourth-order valence-corrected chi connectivity index (χ4v) is 3.15. The maximum absolute atomic E-state index is 9.94. The quantitative estimate of drug-likeness (QED) is 0.711. The van der Waals surface area contributed by atoms with Crippen LogP contribution in [-0.2, 0) is 0 Å². The molecule has 7 heteroatoms. The minimum absolute atomic E-state index is 0.142. The number of pyridine rings is 2. The van der Waals surface area contributed by atoms with Crippen LogP contribution in [0.5, 0.6) is 5.75 Å². The van der Waals surface area contributed by atoms with Gasteiger partial charge >= 0.3 is 0 Å². The number of ether oxygens (including phenoxy) is 1. The summed E-state index contributed by atoms with van der Waals surface area (Å²) in [5.41, 5.74) is 4.02. The Balaban J connectivity index is 1.77. The molecule has 4 heterocycles. The second-order valence-electron chi connectivity index (χ2n) is 7.45. The molecule has 0 radical (unpaired) electrons. The number of nitrogens with zero attached hydrogens (tertiary/aromatic N) is 4. The van der Waals surface area contributed by atoms with E-state index in [4.69, 9.17) is 4.74 Å². The number of hydrogen-bond donors (Lipinski definition) is 2. The maximum atomic E-state index is 9.94. The maximum Gasteiger partial charge on any atom is 0.138 e. The lowest BCUT2D eigenvalue weighted by Gasteiger charge is -2.18. The number of nitrogens with one attached hydrogen (secondary N) is 1. The van der Waals surface area contributed by atoms with E-state index in [2.05, 4.69) is 27.5 Å². The van der Waals surface area contributed by atoms with Crippen LogP contribution in [0.15, 0.2) is 42.9 Å². The highest BCUT2D eigenvalue weighted by atomic mass is 16.5. The van der Waals surface area contributed by atoms with Crippen LogP contribution in [0.1, 0.15) is 25.1 Å². The van der Waals surface area contributed by atoms with Crippen LogP contribution in [0.3, 0.4) is 0 Å².